The molecule has 0 aliphatic carbocycles. The zero-order valence-electron chi connectivity index (χ0n) is 40.8. The SMILES string of the molecule is CC/C=C\C/C=C\C/C=C\C/C=C\CCCCCC(=O)OC(COC(=O)CCCCCCC\C=C/C=C\C=C/CCCCCCC)COC(=O)CCCCCCC/C=C\CCCC. The first-order chi connectivity index (χ1) is 31.0. The topological polar surface area (TPSA) is 78.9 Å². The van der Waals surface area contributed by atoms with Crippen molar-refractivity contribution in [2.45, 2.75) is 232 Å². The smallest absolute Gasteiger partial charge is 0.306 e. The molecule has 0 rings (SSSR count). The number of allylic oxidation sites excluding steroid dienone is 16. The Morgan fingerprint density at radius 3 is 1.17 bits per heavy atom. The fourth-order valence-electron chi connectivity index (χ4n) is 6.71. The van der Waals surface area contributed by atoms with Crippen molar-refractivity contribution in [2.75, 3.05) is 13.2 Å². The number of hydrogen-bond donors (Lipinski definition) is 0. The Hall–Kier alpha value is -3.67. The number of rotatable bonds is 45. The second-order valence-electron chi connectivity index (χ2n) is 16.7. The molecule has 0 N–H and O–H groups in total. The molecular weight excluding hydrogens is 781 g/mol. The lowest BCUT2D eigenvalue weighted by atomic mass is 10.1. The molecule has 0 bridgehead atoms. The Balaban J connectivity index is 4.48. The minimum Gasteiger partial charge on any atom is -0.462 e. The van der Waals surface area contributed by atoms with E-state index < -0.39 is 6.10 Å². The summed E-state index contributed by atoms with van der Waals surface area (Å²) in [6.07, 6.45) is 66.7. The largest absolute Gasteiger partial charge is 0.462 e. The van der Waals surface area contributed by atoms with Crippen LogP contribution in [0.5, 0.6) is 0 Å². The molecule has 358 valence electrons. The third-order valence-corrected chi connectivity index (χ3v) is 10.6. The summed E-state index contributed by atoms with van der Waals surface area (Å²) in [5.41, 5.74) is 0. The molecule has 0 aliphatic rings. The maximum Gasteiger partial charge on any atom is 0.306 e. The van der Waals surface area contributed by atoms with Crippen LogP contribution in [-0.2, 0) is 28.6 Å². The van der Waals surface area contributed by atoms with E-state index >= 15 is 0 Å². The van der Waals surface area contributed by atoms with Crippen LogP contribution < -0.4 is 0 Å². The Morgan fingerprint density at radius 2 is 0.698 bits per heavy atom. The molecular formula is C57H94O6. The van der Waals surface area contributed by atoms with Gasteiger partial charge < -0.3 is 14.2 Å². The van der Waals surface area contributed by atoms with E-state index in [0.29, 0.717) is 12.8 Å². The van der Waals surface area contributed by atoms with E-state index in [-0.39, 0.29) is 37.5 Å². The molecule has 6 nitrogen and oxygen atoms in total. The second-order valence-corrected chi connectivity index (χ2v) is 16.7. The molecule has 0 saturated carbocycles. The van der Waals surface area contributed by atoms with Gasteiger partial charge in [0.05, 0.1) is 0 Å². The summed E-state index contributed by atoms with van der Waals surface area (Å²) in [5, 5.41) is 0. The normalized spacial score (nSPS) is 12.9. The van der Waals surface area contributed by atoms with Gasteiger partial charge in [-0.2, -0.15) is 0 Å². The number of ether oxygens (including phenoxy) is 3. The first-order valence-electron chi connectivity index (χ1n) is 25.8. The van der Waals surface area contributed by atoms with E-state index in [0.717, 1.165) is 128 Å². The number of carbonyl (C=O) groups excluding carboxylic acids is 3. The first-order valence-corrected chi connectivity index (χ1v) is 25.8. The predicted octanol–water partition coefficient (Wildman–Crippen LogP) is 17.0. The van der Waals surface area contributed by atoms with Crippen molar-refractivity contribution in [2.24, 2.45) is 0 Å². The second kappa shape index (κ2) is 51.0. The fraction of sp³-hybridized carbons (Fsp3) is 0.667. The van der Waals surface area contributed by atoms with Crippen molar-refractivity contribution in [3.05, 3.63) is 97.2 Å². The average molecular weight is 875 g/mol. The van der Waals surface area contributed by atoms with Gasteiger partial charge >= 0.3 is 17.9 Å². The van der Waals surface area contributed by atoms with Crippen molar-refractivity contribution < 1.29 is 28.6 Å². The van der Waals surface area contributed by atoms with E-state index in [9.17, 15) is 14.4 Å². The maximum atomic E-state index is 12.8. The van der Waals surface area contributed by atoms with Crippen molar-refractivity contribution >= 4 is 17.9 Å². The van der Waals surface area contributed by atoms with Gasteiger partial charge in [-0.15, -0.1) is 0 Å². The van der Waals surface area contributed by atoms with Crippen LogP contribution >= 0.6 is 0 Å². The molecule has 1 unspecified atom stereocenters. The molecule has 0 heterocycles. The van der Waals surface area contributed by atoms with Gasteiger partial charge in [-0.25, -0.2) is 0 Å². The summed E-state index contributed by atoms with van der Waals surface area (Å²) in [4.78, 5) is 37.9. The lowest BCUT2D eigenvalue weighted by Crippen LogP contribution is -2.30. The molecule has 0 fully saturated rings. The molecule has 1 atom stereocenters. The van der Waals surface area contributed by atoms with Gasteiger partial charge in [-0.05, 0) is 103 Å². The van der Waals surface area contributed by atoms with Crippen LogP contribution in [0, 0.1) is 0 Å². The fourth-order valence-corrected chi connectivity index (χ4v) is 6.71. The average Bonchev–Trinajstić information content (AvgIpc) is 3.28. The third-order valence-electron chi connectivity index (χ3n) is 10.6. The summed E-state index contributed by atoms with van der Waals surface area (Å²) in [6.45, 7) is 6.40. The van der Waals surface area contributed by atoms with Gasteiger partial charge in [0.15, 0.2) is 6.10 Å². The van der Waals surface area contributed by atoms with Gasteiger partial charge in [0.1, 0.15) is 13.2 Å². The standard InChI is InChI=1S/C57H94O6/c1-4-7-10-13-16-19-22-24-26-28-29-31-32-35-38-41-44-47-50-56(59)62-53-54(52-61-55(58)49-46-43-40-37-34-21-18-15-12-9-6-3)63-57(60)51-48-45-42-39-36-33-30-27-25-23-20-17-14-11-8-5-2/h8,11,15,17-18,20,22,24-29,31,33,36,54H,4-7,9-10,12-14,16,19,21,23,30,32,34-35,37-53H2,1-3H3/b11-8-,18-15-,20-17-,24-22-,27-25-,28-26-,31-29-,36-33-. The van der Waals surface area contributed by atoms with Gasteiger partial charge in [0.25, 0.3) is 0 Å². The molecule has 0 amide bonds. The van der Waals surface area contributed by atoms with Gasteiger partial charge in [0.2, 0.25) is 0 Å². The van der Waals surface area contributed by atoms with Gasteiger partial charge in [-0.3, -0.25) is 14.4 Å². The van der Waals surface area contributed by atoms with Crippen LogP contribution in [0.4, 0.5) is 0 Å². The van der Waals surface area contributed by atoms with Gasteiger partial charge in [0, 0.05) is 19.3 Å². The Morgan fingerprint density at radius 1 is 0.349 bits per heavy atom. The summed E-state index contributed by atoms with van der Waals surface area (Å²) in [6, 6.07) is 0. The minimum absolute atomic E-state index is 0.103. The lowest BCUT2D eigenvalue weighted by Gasteiger charge is -2.18. The number of hydrogen-bond acceptors (Lipinski definition) is 6. The highest BCUT2D eigenvalue weighted by Gasteiger charge is 2.19. The Bertz CT molecular complexity index is 1280. The highest BCUT2D eigenvalue weighted by atomic mass is 16.6. The minimum atomic E-state index is -0.806. The van der Waals surface area contributed by atoms with Crippen LogP contribution in [0.25, 0.3) is 0 Å². The maximum absolute atomic E-state index is 12.8. The third kappa shape index (κ3) is 49.2. The van der Waals surface area contributed by atoms with Crippen LogP contribution in [-0.4, -0.2) is 37.2 Å². The van der Waals surface area contributed by atoms with Crippen LogP contribution in [0.15, 0.2) is 97.2 Å². The Labute approximate surface area is 387 Å². The highest BCUT2D eigenvalue weighted by Crippen LogP contribution is 2.13. The molecule has 0 spiro atoms. The van der Waals surface area contributed by atoms with Crippen LogP contribution in [0.1, 0.15) is 226 Å². The van der Waals surface area contributed by atoms with Gasteiger partial charge in [-0.1, -0.05) is 201 Å². The Kier molecular flexibility index (Phi) is 48.0. The number of unbranched alkanes of at least 4 members (excludes halogenated alkanes) is 20. The van der Waals surface area contributed by atoms with Crippen molar-refractivity contribution in [3.8, 4) is 0 Å². The molecule has 0 aromatic rings. The first kappa shape index (κ1) is 59.3. The number of esters is 3. The summed E-state index contributed by atoms with van der Waals surface area (Å²) in [5.74, 6) is -0.968. The zero-order chi connectivity index (χ0) is 45.8. The van der Waals surface area contributed by atoms with Crippen molar-refractivity contribution in [3.63, 3.8) is 0 Å². The van der Waals surface area contributed by atoms with E-state index in [1.54, 1.807) is 0 Å². The van der Waals surface area contributed by atoms with Crippen LogP contribution in [0.3, 0.4) is 0 Å². The summed E-state index contributed by atoms with van der Waals surface area (Å²) < 4.78 is 16.7. The van der Waals surface area contributed by atoms with Crippen LogP contribution in [0.2, 0.25) is 0 Å². The molecule has 6 heteroatoms. The monoisotopic (exact) mass is 875 g/mol. The molecule has 0 saturated heterocycles. The summed E-state index contributed by atoms with van der Waals surface area (Å²) >= 11 is 0. The molecule has 63 heavy (non-hydrogen) atoms. The van der Waals surface area contributed by atoms with E-state index in [1.807, 2.05) is 0 Å². The quantitative estimate of drug-likeness (QED) is 0.0199. The van der Waals surface area contributed by atoms with E-state index in [2.05, 4.69) is 118 Å². The number of carbonyl (C=O) groups is 3. The molecule has 0 aliphatic heterocycles. The lowest BCUT2D eigenvalue weighted by molar-refractivity contribution is -0.167. The van der Waals surface area contributed by atoms with Crippen molar-refractivity contribution in [1.29, 1.82) is 0 Å². The zero-order valence-corrected chi connectivity index (χ0v) is 40.8. The predicted molar refractivity (Wildman–Crippen MR) is 270 cm³/mol. The van der Waals surface area contributed by atoms with E-state index in [4.69, 9.17) is 14.2 Å². The van der Waals surface area contributed by atoms with Crippen molar-refractivity contribution in [1.82, 2.24) is 0 Å². The molecule has 0 radical (unpaired) electrons. The molecule has 0 aromatic heterocycles. The molecule has 0 aromatic carbocycles. The highest BCUT2D eigenvalue weighted by molar-refractivity contribution is 5.71. The van der Waals surface area contributed by atoms with E-state index in [1.165, 1.54) is 57.8 Å². The summed E-state index contributed by atoms with van der Waals surface area (Å²) in [7, 11) is 0.